The number of nitrogens with zero attached hydrogens (tertiary/aromatic N) is 3. The lowest BCUT2D eigenvalue weighted by molar-refractivity contribution is -0.141. The van der Waals surface area contributed by atoms with Gasteiger partial charge in [-0.25, -0.2) is 4.98 Å². The van der Waals surface area contributed by atoms with Crippen LogP contribution >= 0.6 is 0 Å². The van der Waals surface area contributed by atoms with Crippen molar-refractivity contribution in [2.45, 2.75) is 12.8 Å². The Morgan fingerprint density at radius 1 is 1.65 bits per heavy atom. The molecule has 1 aliphatic rings. The van der Waals surface area contributed by atoms with Gasteiger partial charge in [0.1, 0.15) is 5.82 Å². The normalized spacial score (nSPS) is 19.7. The molecule has 2 rings (SSSR count). The molecular weight excluding hydrogens is 218 g/mol. The van der Waals surface area contributed by atoms with Crippen LogP contribution in [0.4, 0.5) is 5.82 Å². The number of rotatable bonds is 2. The molecule has 0 aromatic carbocycles. The molecule has 1 aliphatic heterocycles. The average molecular weight is 231 g/mol. The van der Waals surface area contributed by atoms with E-state index in [4.69, 9.17) is 10.4 Å². The summed E-state index contributed by atoms with van der Waals surface area (Å²) in [6, 6.07) is 5.40. The van der Waals surface area contributed by atoms with Gasteiger partial charge in [-0.2, -0.15) is 5.26 Å². The molecule has 5 heteroatoms. The SMILES string of the molecule is N#Cc1ccnc(N2CCC[C@@H](C(=O)O)C2)c1. The fraction of sp³-hybridized carbons (Fsp3) is 0.417. The number of aromatic nitrogens is 1. The third-order valence-electron chi connectivity index (χ3n) is 2.97. The summed E-state index contributed by atoms with van der Waals surface area (Å²) in [5, 5.41) is 17.8. The number of hydrogen-bond acceptors (Lipinski definition) is 4. The Morgan fingerprint density at radius 3 is 3.18 bits per heavy atom. The quantitative estimate of drug-likeness (QED) is 0.829. The highest BCUT2D eigenvalue weighted by Gasteiger charge is 2.26. The van der Waals surface area contributed by atoms with Crippen molar-refractivity contribution >= 4 is 11.8 Å². The van der Waals surface area contributed by atoms with Crippen LogP contribution in [0.3, 0.4) is 0 Å². The van der Waals surface area contributed by atoms with Crippen molar-refractivity contribution in [1.29, 1.82) is 5.26 Å². The van der Waals surface area contributed by atoms with Crippen LogP contribution in [0.1, 0.15) is 18.4 Å². The predicted octanol–water partition coefficient (Wildman–Crippen LogP) is 1.25. The summed E-state index contributed by atoms with van der Waals surface area (Å²) >= 11 is 0. The van der Waals surface area contributed by atoms with E-state index < -0.39 is 5.97 Å². The Bertz CT molecular complexity index is 467. The lowest BCUT2D eigenvalue weighted by Crippen LogP contribution is -2.39. The minimum Gasteiger partial charge on any atom is -0.481 e. The molecule has 1 aromatic heterocycles. The van der Waals surface area contributed by atoms with E-state index in [1.807, 2.05) is 4.90 Å². The van der Waals surface area contributed by atoms with Gasteiger partial charge >= 0.3 is 5.97 Å². The maximum atomic E-state index is 11.0. The molecule has 0 bridgehead atoms. The van der Waals surface area contributed by atoms with Gasteiger partial charge in [-0.1, -0.05) is 0 Å². The van der Waals surface area contributed by atoms with Crippen molar-refractivity contribution in [3.05, 3.63) is 23.9 Å². The van der Waals surface area contributed by atoms with Crippen LogP contribution in [0, 0.1) is 17.2 Å². The van der Waals surface area contributed by atoms with Gasteiger partial charge in [-0.05, 0) is 25.0 Å². The van der Waals surface area contributed by atoms with Crippen LogP contribution < -0.4 is 4.90 Å². The number of aliphatic carboxylic acids is 1. The molecule has 5 nitrogen and oxygen atoms in total. The number of carbonyl (C=O) groups is 1. The largest absolute Gasteiger partial charge is 0.481 e. The molecule has 1 fully saturated rings. The number of pyridine rings is 1. The summed E-state index contributed by atoms with van der Waals surface area (Å²) in [5.74, 6) is -0.405. The average Bonchev–Trinajstić information content (AvgIpc) is 2.39. The highest BCUT2D eigenvalue weighted by atomic mass is 16.4. The number of carboxylic acids is 1. The summed E-state index contributed by atoms with van der Waals surface area (Å²) in [5.41, 5.74) is 0.549. The number of carboxylic acid groups (broad SMARTS) is 1. The first-order chi connectivity index (χ1) is 8.20. The molecule has 1 aromatic rings. The van der Waals surface area contributed by atoms with Crippen molar-refractivity contribution in [2.24, 2.45) is 5.92 Å². The van der Waals surface area contributed by atoms with Crippen LogP contribution in [0.15, 0.2) is 18.3 Å². The third-order valence-corrected chi connectivity index (χ3v) is 2.97. The maximum Gasteiger partial charge on any atom is 0.308 e. The number of piperidine rings is 1. The molecule has 1 N–H and O–H groups in total. The second kappa shape index (κ2) is 4.83. The van der Waals surface area contributed by atoms with Crippen molar-refractivity contribution in [2.75, 3.05) is 18.0 Å². The first kappa shape index (κ1) is 11.4. The zero-order chi connectivity index (χ0) is 12.3. The van der Waals surface area contributed by atoms with Gasteiger partial charge in [0.2, 0.25) is 0 Å². The summed E-state index contributed by atoms with van der Waals surface area (Å²) in [7, 11) is 0. The standard InChI is InChI=1S/C12H13N3O2/c13-7-9-3-4-14-11(6-9)15-5-1-2-10(8-15)12(16)17/h3-4,6,10H,1-2,5,8H2,(H,16,17)/t10-/m1/s1. The van der Waals surface area contributed by atoms with E-state index in [1.165, 1.54) is 0 Å². The Morgan fingerprint density at radius 2 is 2.47 bits per heavy atom. The molecular formula is C12H13N3O2. The van der Waals surface area contributed by atoms with E-state index in [0.717, 1.165) is 13.0 Å². The molecule has 0 aliphatic carbocycles. The Kier molecular flexibility index (Phi) is 3.24. The van der Waals surface area contributed by atoms with Crippen LogP contribution in [0.25, 0.3) is 0 Å². The zero-order valence-corrected chi connectivity index (χ0v) is 9.33. The Labute approximate surface area is 99.3 Å². The maximum absolute atomic E-state index is 11.0. The first-order valence-corrected chi connectivity index (χ1v) is 5.54. The summed E-state index contributed by atoms with van der Waals surface area (Å²) in [6.07, 6.45) is 3.14. The van der Waals surface area contributed by atoms with Crippen LogP contribution in [0.5, 0.6) is 0 Å². The summed E-state index contributed by atoms with van der Waals surface area (Å²) < 4.78 is 0. The lowest BCUT2D eigenvalue weighted by Gasteiger charge is -2.31. The lowest BCUT2D eigenvalue weighted by atomic mass is 9.98. The monoisotopic (exact) mass is 231 g/mol. The second-order valence-electron chi connectivity index (χ2n) is 4.14. The smallest absolute Gasteiger partial charge is 0.308 e. The van der Waals surface area contributed by atoms with Crippen molar-refractivity contribution in [1.82, 2.24) is 4.98 Å². The number of nitriles is 1. The fourth-order valence-electron chi connectivity index (χ4n) is 2.05. The van der Waals surface area contributed by atoms with Crippen molar-refractivity contribution in [3.63, 3.8) is 0 Å². The second-order valence-corrected chi connectivity index (χ2v) is 4.14. The number of anilines is 1. The third kappa shape index (κ3) is 2.53. The van der Waals surface area contributed by atoms with E-state index in [0.29, 0.717) is 24.3 Å². The van der Waals surface area contributed by atoms with E-state index in [-0.39, 0.29) is 5.92 Å². The Hall–Kier alpha value is -2.09. The van der Waals surface area contributed by atoms with Gasteiger partial charge in [-0.3, -0.25) is 4.79 Å². The topological polar surface area (TPSA) is 77.2 Å². The van der Waals surface area contributed by atoms with Crippen LogP contribution in [-0.4, -0.2) is 29.1 Å². The molecule has 0 amide bonds. The molecule has 17 heavy (non-hydrogen) atoms. The van der Waals surface area contributed by atoms with E-state index >= 15 is 0 Å². The van der Waals surface area contributed by atoms with Gasteiger partial charge in [0.05, 0.1) is 17.6 Å². The van der Waals surface area contributed by atoms with Crippen molar-refractivity contribution in [3.8, 4) is 6.07 Å². The molecule has 0 unspecified atom stereocenters. The molecule has 2 heterocycles. The van der Waals surface area contributed by atoms with E-state index in [9.17, 15) is 4.79 Å². The van der Waals surface area contributed by atoms with Crippen molar-refractivity contribution < 1.29 is 9.90 Å². The Balaban J connectivity index is 2.16. The molecule has 1 atom stereocenters. The highest BCUT2D eigenvalue weighted by Crippen LogP contribution is 2.22. The highest BCUT2D eigenvalue weighted by molar-refractivity contribution is 5.71. The molecule has 0 saturated carbocycles. The van der Waals surface area contributed by atoms with Gasteiger partial charge < -0.3 is 10.0 Å². The van der Waals surface area contributed by atoms with E-state index in [1.54, 1.807) is 18.3 Å². The molecule has 0 radical (unpaired) electrons. The van der Waals surface area contributed by atoms with Gasteiger partial charge in [-0.15, -0.1) is 0 Å². The summed E-state index contributed by atoms with van der Waals surface area (Å²) in [4.78, 5) is 17.1. The van der Waals surface area contributed by atoms with Gasteiger partial charge in [0, 0.05) is 19.3 Å². The van der Waals surface area contributed by atoms with Crippen LogP contribution in [0.2, 0.25) is 0 Å². The molecule has 88 valence electrons. The van der Waals surface area contributed by atoms with E-state index in [2.05, 4.69) is 11.1 Å². The summed E-state index contributed by atoms with van der Waals surface area (Å²) in [6.45, 7) is 1.27. The van der Waals surface area contributed by atoms with Gasteiger partial charge in [0.15, 0.2) is 0 Å². The van der Waals surface area contributed by atoms with Gasteiger partial charge in [0.25, 0.3) is 0 Å². The minimum atomic E-state index is -0.758. The molecule has 0 spiro atoms. The minimum absolute atomic E-state index is 0.337. The fourth-order valence-corrected chi connectivity index (χ4v) is 2.05. The predicted molar refractivity (Wildman–Crippen MR) is 61.5 cm³/mol. The zero-order valence-electron chi connectivity index (χ0n) is 9.33. The van der Waals surface area contributed by atoms with Crippen LogP contribution in [-0.2, 0) is 4.79 Å². The first-order valence-electron chi connectivity index (χ1n) is 5.54. The number of hydrogen-bond donors (Lipinski definition) is 1. The molecule has 1 saturated heterocycles.